The Morgan fingerprint density at radius 1 is 1.25 bits per heavy atom. The fourth-order valence-corrected chi connectivity index (χ4v) is 2.32. The van der Waals surface area contributed by atoms with E-state index in [2.05, 4.69) is 24.3 Å². The van der Waals surface area contributed by atoms with Gasteiger partial charge in [-0.05, 0) is 44.4 Å². The molecule has 0 unspecified atom stereocenters. The van der Waals surface area contributed by atoms with Crippen LogP contribution in [0.2, 0.25) is 0 Å². The summed E-state index contributed by atoms with van der Waals surface area (Å²) in [6, 6.07) is 8.05. The van der Waals surface area contributed by atoms with E-state index in [4.69, 9.17) is 14.2 Å². The summed E-state index contributed by atoms with van der Waals surface area (Å²) in [6.45, 7) is 4.88. The van der Waals surface area contributed by atoms with Crippen molar-refractivity contribution < 1.29 is 14.2 Å². The summed E-state index contributed by atoms with van der Waals surface area (Å²) >= 11 is 0. The van der Waals surface area contributed by atoms with Crippen molar-refractivity contribution in [1.82, 2.24) is 0 Å². The first-order valence-corrected chi connectivity index (χ1v) is 7.28. The van der Waals surface area contributed by atoms with Crippen molar-refractivity contribution >= 4 is 6.08 Å². The Kier molecular flexibility index (Phi) is 5.62. The van der Waals surface area contributed by atoms with Gasteiger partial charge >= 0.3 is 0 Å². The van der Waals surface area contributed by atoms with Crippen LogP contribution in [0.15, 0.2) is 30.3 Å². The van der Waals surface area contributed by atoms with Gasteiger partial charge in [-0.2, -0.15) is 0 Å². The van der Waals surface area contributed by atoms with Gasteiger partial charge < -0.3 is 14.2 Å². The van der Waals surface area contributed by atoms with Gasteiger partial charge in [0.05, 0.1) is 13.2 Å². The van der Waals surface area contributed by atoms with Gasteiger partial charge in [-0.15, -0.1) is 0 Å². The molecule has 1 aromatic rings. The summed E-state index contributed by atoms with van der Waals surface area (Å²) in [7, 11) is 1.68. The van der Waals surface area contributed by atoms with Crippen molar-refractivity contribution in [3.63, 3.8) is 0 Å². The van der Waals surface area contributed by atoms with Crippen molar-refractivity contribution in [3.8, 4) is 5.75 Å². The third-order valence-electron chi connectivity index (χ3n) is 3.37. The zero-order valence-electron chi connectivity index (χ0n) is 12.5. The highest BCUT2D eigenvalue weighted by molar-refractivity contribution is 5.50. The molecule has 0 N–H and O–H groups in total. The van der Waals surface area contributed by atoms with E-state index in [9.17, 15) is 0 Å². The Balaban J connectivity index is 1.99. The van der Waals surface area contributed by atoms with Gasteiger partial charge in [0.2, 0.25) is 0 Å². The average molecular weight is 276 g/mol. The highest BCUT2D eigenvalue weighted by Crippen LogP contribution is 2.25. The normalized spacial score (nSPS) is 23.4. The first-order chi connectivity index (χ1) is 9.69. The van der Waals surface area contributed by atoms with Crippen molar-refractivity contribution in [2.24, 2.45) is 5.92 Å². The number of hydrogen-bond donors (Lipinski definition) is 0. The zero-order chi connectivity index (χ0) is 14.4. The molecule has 0 bridgehead atoms. The molecule has 1 aliphatic heterocycles. The molecule has 0 amide bonds. The summed E-state index contributed by atoms with van der Waals surface area (Å²) in [5.41, 5.74) is 1.17. The predicted molar refractivity (Wildman–Crippen MR) is 80.7 cm³/mol. The Hall–Kier alpha value is -1.32. The maximum absolute atomic E-state index is 5.84. The molecule has 0 radical (unpaired) electrons. The highest BCUT2D eigenvalue weighted by atomic mass is 16.7. The molecule has 1 aromatic carbocycles. The summed E-state index contributed by atoms with van der Waals surface area (Å²) in [5.74, 6) is 1.21. The Bertz CT molecular complexity index is 422. The molecule has 110 valence electrons. The quantitative estimate of drug-likeness (QED) is 0.816. The second-order valence-electron chi connectivity index (χ2n) is 5.36. The van der Waals surface area contributed by atoms with Gasteiger partial charge in [-0.25, -0.2) is 0 Å². The second kappa shape index (κ2) is 7.46. The fraction of sp³-hybridized carbons (Fsp3) is 0.529. The van der Waals surface area contributed by atoms with Crippen LogP contribution in [-0.4, -0.2) is 26.1 Å². The Morgan fingerprint density at radius 2 is 2.00 bits per heavy atom. The molecular formula is C17H24O3. The SMILES string of the molecule is COc1ccc(/C=C/[C@@H]2CCCO[C@@H]2OC(C)C)cc1. The molecule has 3 nitrogen and oxygen atoms in total. The number of hydrogen-bond acceptors (Lipinski definition) is 3. The first kappa shape index (κ1) is 15.1. The Morgan fingerprint density at radius 3 is 2.65 bits per heavy atom. The molecule has 1 heterocycles. The number of ether oxygens (including phenoxy) is 3. The standard InChI is InChI=1S/C17H24O3/c1-13(2)20-17-15(5-4-12-19-17)9-6-14-7-10-16(18-3)11-8-14/h6-11,13,15,17H,4-5,12H2,1-3H3/b9-6+/t15-,17+/m0/s1. The van der Waals surface area contributed by atoms with E-state index < -0.39 is 0 Å². The summed E-state index contributed by atoms with van der Waals surface area (Å²) in [6.07, 6.45) is 6.62. The highest BCUT2D eigenvalue weighted by Gasteiger charge is 2.25. The van der Waals surface area contributed by atoms with E-state index >= 15 is 0 Å². The van der Waals surface area contributed by atoms with Crippen molar-refractivity contribution in [2.45, 2.75) is 39.1 Å². The zero-order valence-corrected chi connectivity index (χ0v) is 12.5. The van der Waals surface area contributed by atoms with Crippen LogP contribution in [-0.2, 0) is 9.47 Å². The molecule has 1 aliphatic rings. The first-order valence-electron chi connectivity index (χ1n) is 7.28. The van der Waals surface area contributed by atoms with Crippen LogP contribution < -0.4 is 4.74 Å². The van der Waals surface area contributed by atoms with Crippen LogP contribution in [0.4, 0.5) is 0 Å². The fourth-order valence-electron chi connectivity index (χ4n) is 2.32. The molecule has 20 heavy (non-hydrogen) atoms. The maximum atomic E-state index is 5.84. The van der Waals surface area contributed by atoms with Gasteiger partial charge in [0.25, 0.3) is 0 Å². The summed E-state index contributed by atoms with van der Waals surface area (Å²) in [5, 5.41) is 0. The number of methoxy groups -OCH3 is 1. The van der Waals surface area contributed by atoms with Crippen molar-refractivity contribution in [3.05, 3.63) is 35.9 Å². The Labute approximate surface area is 121 Å². The smallest absolute Gasteiger partial charge is 0.164 e. The van der Waals surface area contributed by atoms with Crippen LogP contribution in [0.5, 0.6) is 5.75 Å². The van der Waals surface area contributed by atoms with Crippen LogP contribution in [0.3, 0.4) is 0 Å². The third-order valence-corrected chi connectivity index (χ3v) is 3.37. The molecule has 0 aromatic heterocycles. The molecule has 2 rings (SSSR count). The largest absolute Gasteiger partial charge is 0.497 e. The van der Waals surface area contributed by atoms with Gasteiger partial charge in [0, 0.05) is 12.5 Å². The molecule has 0 aliphatic carbocycles. The number of rotatable bonds is 5. The molecule has 3 heteroatoms. The van der Waals surface area contributed by atoms with Gasteiger partial charge in [-0.1, -0.05) is 24.3 Å². The molecule has 0 saturated carbocycles. The van der Waals surface area contributed by atoms with E-state index in [0.717, 1.165) is 25.2 Å². The van der Waals surface area contributed by atoms with Gasteiger partial charge in [0.15, 0.2) is 6.29 Å². The molecule has 2 atom stereocenters. The van der Waals surface area contributed by atoms with E-state index in [0.29, 0.717) is 5.92 Å². The van der Waals surface area contributed by atoms with E-state index in [-0.39, 0.29) is 12.4 Å². The van der Waals surface area contributed by atoms with E-state index in [1.807, 2.05) is 26.0 Å². The molecule has 0 spiro atoms. The van der Waals surface area contributed by atoms with Gasteiger partial charge in [-0.3, -0.25) is 0 Å². The molecule has 1 fully saturated rings. The maximum Gasteiger partial charge on any atom is 0.164 e. The van der Waals surface area contributed by atoms with Crippen LogP contribution in [0, 0.1) is 5.92 Å². The van der Waals surface area contributed by atoms with Crippen molar-refractivity contribution in [2.75, 3.05) is 13.7 Å². The van der Waals surface area contributed by atoms with Crippen LogP contribution in [0.1, 0.15) is 32.3 Å². The molecular weight excluding hydrogens is 252 g/mol. The minimum atomic E-state index is -0.113. The van der Waals surface area contributed by atoms with E-state index in [1.165, 1.54) is 5.56 Å². The number of benzene rings is 1. The molecule has 1 saturated heterocycles. The second-order valence-corrected chi connectivity index (χ2v) is 5.36. The average Bonchev–Trinajstić information content (AvgIpc) is 2.46. The van der Waals surface area contributed by atoms with Crippen LogP contribution >= 0.6 is 0 Å². The minimum Gasteiger partial charge on any atom is -0.497 e. The monoisotopic (exact) mass is 276 g/mol. The minimum absolute atomic E-state index is 0.113. The van der Waals surface area contributed by atoms with Crippen LogP contribution in [0.25, 0.3) is 6.08 Å². The lowest BCUT2D eigenvalue weighted by Gasteiger charge is -2.31. The lowest BCUT2D eigenvalue weighted by atomic mass is 9.98. The lowest BCUT2D eigenvalue weighted by Crippen LogP contribution is -2.32. The summed E-state index contributed by atoms with van der Waals surface area (Å²) in [4.78, 5) is 0. The van der Waals surface area contributed by atoms with E-state index in [1.54, 1.807) is 7.11 Å². The third kappa shape index (κ3) is 4.36. The van der Waals surface area contributed by atoms with Gasteiger partial charge in [0.1, 0.15) is 5.75 Å². The lowest BCUT2D eigenvalue weighted by molar-refractivity contribution is -0.199. The summed E-state index contributed by atoms with van der Waals surface area (Å²) < 4.78 is 16.7. The predicted octanol–water partition coefficient (Wildman–Crippen LogP) is 3.89. The van der Waals surface area contributed by atoms with Crippen molar-refractivity contribution in [1.29, 1.82) is 0 Å². The topological polar surface area (TPSA) is 27.7 Å².